The van der Waals surface area contributed by atoms with Crippen LogP contribution in [0.2, 0.25) is 0 Å². The fourth-order valence-electron chi connectivity index (χ4n) is 1.37. The molecular weight excluding hydrogens is 181 g/mol. The molecule has 0 unspecified atom stereocenters. The molecule has 6 heteroatoms. The normalized spacial score (nSPS) is 14.6. The van der Waals surface area contributed by atoms with Crippen molar-refractivity contribution in [2.24, 2.45) is 0 Å². The summed E-state index contributed by atoms with van der Waals surface area (Å²) in [5, 5.41) is 14.0. The van der Waals surface area contributed by atoms with E-state index in [0.717, 1.165) is 19.0 Å². The summed E-state index contributed by atoms with van der Waals surface area (Å²) >= 11 is 0. The molecule has 1 fully saturated rings. The highest BCUT2D eigenvalue weighted by molar-refractivity contribution is 6.13. The topological polar surface area (TPSA) is 69.5 Å². The number of hydrogen-bond acceptors (Lipinski definition) is 5. The Balaban J connectivity index is 0.000000293. The Kier molecular flexibility index (Phi) is 4.95. The second-order valence-electron chi connectivity index (χ2n) is 2.86. The van der Waals surface area contributed by atoms with Crippen molar-refractivity contribution in [3.05, 3.63) is 18.5 Å². The molecule has 14 heavy (non-hydrogen) atoms. The summed E-state index contributed by atoms with van der Waals surface area (Å²) in [4.78, 5) is 10.6. The summed E-state index contributed by atoms with van der Waals surface area (Å²) in [5.74, 6) is 0.880. The van der Waals surface area contributed by atoms with E-state index >= 15 is 0 Å². The van der Waals surface area contributed by atoms with Gasteiger partial charge in [-0.15, -0.1) is 0 Å². The molecule has 75 valence electrons. The van der Waals surface area contributed by atoms with Crippen LogP contribution in [0.3, 0.4) is 0 Å². The van der Waals surface area contributed by atoms with Gasteiger partial charge in [0.15, 0.2) is 0 Å². The molecule has 0 amide bonds. The summed E-state index contributed by atoms with van der Waals surface area (Å²) in [6.07, 6.45) is 6.14. The first-order chi connectivity index (χ1) is 6.88. The first-order valence-electron chi connectivity index (χ1n) is 4.50. The Morgan fingerprint density at radius 2 is 1.64 bits per heavy atom. The monoisotopic (exact) mass is 194 g/mol. The summed E-state index contributed by atoms with van der Waals surface area (Å²) in [7, 11) is 0. The van der Waals surface area contributed by atoms with Gasteiger partial charge in [0.2, 0.25) is 5.95 Å². The van der Waals surface area contributed by atoms with Gasteiger partial charge in [0.1, 0.15) is 0 Å². The van der Waals surface area contributed by atoms with Gasteiger partial charge in [-0.05, 0) is 18.9 Å². The predicted molar refractivity (Wildman–Crippen MR) is 53.7 cm³/mol. The third-order valence-corrected chi connectivity index (χ3v) is 1.94. The van der Waals surface area contributed by atoms with Crippen molar-refractivity contribution in [1.29, 1.82) is 0 Å². The van der Waals surface area contributed by atoms with Crippen molar-refractivity contribution >= 4 is 13.6 Å². The van der Waals surface area contributed by atoms with E-state index in [1.165, 1.54) is 12.8 Å². The van der Waals surface area contributed by atoms with Gasteiger partial charge in [-0.2, -0.15) is 0 Å². The zero-order valence-electron chi connectivity index (χ0n) is 7.87. The lowest BCUT2D eigenvalue weighted by atomic mass is 10.4. The molecule has 2 rings (SSSR count). The molecule has 2 N–H and O–H groups in total. The summed E-state index contributed by atoms with van der Waals surface area (Å²) < 4.78 is 0. The molecule has 1 radical (unpaired) electrons. The third kappa shape index (κ3) is 3.31. The minimum absolute atomic E-state index is 0. The molecule has 5 nitrogen and oxygen atoms in total. The van der Waals surface area contributed by atoms with Crippen molar-refractivity contribution < 1.29 is 10.0 Å². The zero-order valence-corrected chi connectivity index (χ0v) is 7.87. The first-order valence-corrected chi connectivity index (χ1v) is 4.50. The van der Waals surface area contributed by atoms with Gasteiger partial charge >= 0.3 is 7.69 Å². The lowest BCUT2D eigenvalue weighted by molar-refractivity contribution is 0.448. The molecular formula is C8H13BN3O2. The molecule has 1 aromatic heterocycles. The quantitative estimate of drug-likeness (QED) is 0.594. The van der Waals surface area contributed by atoms with E-state index in [2.05, 4.69) is 14.9 Å². The maximum Gasteiger partial charge on any atom is 0.482 e. The van der Waals surface area contributed by atoms with Crippen LogP contribution in [-0.2, 0) is 0 Å². The second-order valence-corrected chi connectivity index (χ2v) is 2.86. The number of rotatable bonds is 1. The first kappa shape index (κ1) is 10.9. The van der Waals surface area contributed by atoms with Gasteiger partial charge in [-0.1, -0.05) is 0 Å². The molecule has 0 bridgehead atoms. The molecule has 1 aliphatic heterocycles. The van der Waals surface area contributed by atoms with Gasteiger partial charge in [-0.25, -0.2) is 9.97 Å². The fraction of sp³-hybridized carbons (Fsp3) is 0.500. The van der Waals surface area contributed by atoms with E-state index in [9.17, 15) is 0 Å². The van der Waals surface area contributed by atoms with Crippen LogP contribution >= 0.6 is 0 Å². The molecule has 0 aromatic carbocycles. The van der Waals surface area contributed by atoms with Crippen LogP contribution in [-0.4, -0.2) is 40.8 Å². The number of anilines is 1. The minimum atomic E-state index is 0. The smallest absolute Gasteiger partial charge is 0.429 e. The molecule has 1 aliphatic rings. The van der Waals surface area contributed by atoms with Crippen LogP contribution in [0.15, 0.2) is 18.5 Å². The summed E-state index contributed by atoms with van der Waals surface area (Å²) in [6, 6.07) is 1.85. The molecule has 2 heterocycles. The minimum Gasteiger partial charge on any atom is -0.429 e. The van der Waals surface area contributed by atoms with Crippen molar-refractivity contribution in [2.75, 3.05) is 18.0 Å². The van der Waals surface area contributed by atoms with Crippen molar-refractivity contribution in [2.45, 2.75) is 12.8 Å². The highest BCUT2D eigenvalue weighted by Gasteiger charge is 2.13. The SMILES string of the molecule is O[B]O.c1cnc(N2CCCC2)nc1. The summed E-state index contributed by atoms with van der Waals surface area (Å²) in [5.41, 5.74) is 0. The van der Waals surface area contributed by atoms with Gasteiger partial charge in [0.05, 0.1) is 0 Å². The zero-order chi connectivity index (χ0) is 10.2. The van der Waals surface area contributed by atoms with Gasteiger partial charge < -0.3 is 14.9 Å². The maximum absolute atomic E-state index is 7.00. The van der Waals surface area contributed by atoms with Gasteiger partial charge in [0, 0.05) is 25.5 Å². The summed E-state index contributed by atoms with van der Waals surface area (Å²) in [6.45, 7) is 2.23. The van der Waals surface area contributed by atoms with Crippen molar-refractivity contribution in [3.8, 4) is 0 Å². The molecule has 1 aromatic rings. The van der Waals surface area contributed by atoms with E-state index in [1.807, 2.05) is 6.07 Å². The average Bonchev–Trinajstić information content (AvgIpc) is 2.73. The van der Waals surface area contributed by atoms with E-state index in [-0.39, 0.29) is 7.69 Å². The second kappa shape index (κ2) is 6.34. The van der Waals surface area contributed by atoms with E-state index in [1.54, 1.807) is 12.4 Å². The molecule has 0 spiro atoms. The number of aromatic nitrogens is 2. The lowest BCUT2D eigenvalue weighted by Gasteiger charge is -2.13. The Hall–Kier alpha value is -1.14. The maximum atomic E-state index is 7.00. The molecule has 1 saturated heterocycles. The number of nitrogens with zero attached hydrogens (tertiary/aromatic N) is 3. The Morgan fingerprint density at radius 1 is 1.14 bits per heavy atom. The van der Waals surface area contributed by atoms with Crippen LogP contribution in [0, 0.1) is 0 Å². The van der Waals surface area contributed by atoms with Crippen LogP contribution in [0.5, 0.6) is 0 Å². The van der Waals surface area contributed by atoms with E-state index < -0.39 is 0 Å². The highest BCUT2D eigenvalue weighted by Crippen LogP contribution is 2.13. The third-order valence-electron chi connectivity index (χ3n) is 1.94. The fourth-order valence-corrected chi connectivity index (χ4v) is 1.37. The predicted octanol–water partition coefficient (Wildman–Crippen LogP) is -0.418. The standard InChI is InChI=1S/C8H11N3.BH2O2/c1-2-7-11(6-1)8-9-4-3-5-10-8;2-1-3/h3-5H,1-2,6-7H2;2-3H. The van der Waals surface area contributed by atoms with E-state index in [4.69, 9.17) is 10.0 Å². The van der Waals surface area contributed by atoms with Crippen LogP contribution in [0.25, 0.3) is 0 Å². The number of hydrogen-bond donors (Lipinski definition) is 2. The van der Waals surface area contributed by atoms with Crippen LogP contribution in [0.4, 0.5) is 5.95 Å². The van der Waals surface area contributed by atoms with Crippen molar-refractivity contribution in [1.82, 2.24) is 9.97 Å². The Labute approximate surface area is 83.7 Å². The highest BCUT2D eigenvalue weighted by atomic mass is 16.4. The molecule has 0 aliphatic carbocycles. The van der Waals surface area contributed by atoms with Crippen molar-refractivity contribution in [3.63, 3.8) is 0 Å². The Bertz CT molecular complexity index is 242. The van der Waals surface area contributed by atoms with Gasteiger partial charge in [-0.3, -0.25) is 0 Å². The molecule has 0 saturated carbocycles. The van der Waals surface area contributed by atoms with E-state index in [0.29, 0.717) is 0 Å². The average molecular weight is 194 g/mol. The van der Waals surface area contributed by atoms with Crippen LogP contribution < -0.4 is 4.90 Å². The largest absolute Gasteiger partial charge is 0.482 e. The molecule has 0 atom stereocenters. The van der Waals surface area contributed by atoms with Crippen LogP contribution in [0.1, 0.15) is 12.8 Å². The lowest BCUT2D eigenvalue weighted by Crippen LogP contribution is -2.19. The van der Waals surface area contributed by atoms with Gasteiger partial charge in [0.25, 0.3) is 0 Å². The Morgan fingerprint density at radius 3 is 2.14 bits per heavy atom.